The molecule has 0 atom stereocenters. The van der Waals surface area contributed by atoms with Gasteiger partial charge >= 0.3 is 0 Å². The van der Waals surface area contributed by atoms with Crippen LogP contribution in [0.2, 0.25) is 0 Å². The first-order valence-electron chi connectivity index (χ1n) is 8.94. The Morgan fingerprint density at radius 3 is 2.29 bits per heavy atom. The van der Waals surface area contributed by atoms with E-state index in [1.165, 1.54) is 49.8 Å². The average molecular weight is 330 g/mol. The Labute approximate surface area is 145 Å². The average Bonchev–Trinajstić information content (AvgIpc) is 2.61. The fraction of sp³-hybridized carbons (Fsp3) is 0.455. The second kappa shape index (κ2) is 8.96. The van der Waals surface area contributed by atoms with E-state index in [1.54, 1.807) is 6.92 Å². The summed E-state index contributed by atoms with van der Waals surface area (Å²) < 4.78 is 26.6. The SMILES string of the molecule is C=C(C)/C(F)=C\C(=C/CF)c1ccc(C2CCC(CC)CC2)cc1. The standard InChI is InChI=1S/C22H28F2/c1-4-17-5-7-18(8-6-17)19-9-11-20(12-10-19)21(13-14-23)15-22(24)16(2)3/h9-13,15,17-18H,2,4-8,14H2,1,3H3/b21-13+,22-15+. The lowest BCUT2D eigenvalue weighted by Crippen LogP contribution is -2.12. The van der Waals surface area contributed by atoms with Crippen LogP contribution >= 0.6 is 0 Å². The Hall–Kier alpha value is -1.70. The van der Waals surface area contributed by atoms with Gasteiger partial charge in [0, 0.05) is 0 Å². The molecule has 1 fully saturated rings. The Kier molecular flexibility index (Phi) is 6.96. The van der Waals surface area contributed by atoms with Gasteiger partial charge in [-0.25, -0.2) is 8.78 Å². The Bertz CT molecular complexity index is 599. The highest BCUT2D eigenvalue weighted by Gasteiger charge is 2.21. The van der Waals surface area contributed by atoms with E-state index in [0.29, 0.717) is 17.1 Å². The highest BCUT2D eigenvalue weighted by Crippen LogP contribution is 2.37. The Morgan fingerprint density at radius 2 is 1.79 bits per heavy atom. The van der Waals surface area contributed by atoms with Gasteiger partial charge in [-0.3, -0.25) is 0 Å². The summed E-state index contributed by atoms with van der Waals surface area (Å²) in [6.07, 6.45) is 9.16. The smallest absolute Gasteiger partial charge is 0.126 e. The van der Waals surface area contributed by atoms with Crippen LogP contribution in [0.15, 0.2) is 54.4 Å². The summed E-state index contributed by atoms with van der Waals surface area (Å²) in [4.78, 5) is 0. The lowest BCUT2D eigenvalue weighted by atomic mass is 9.77. The van der Waals surface area contributed by atoms with Crippen molar-refractivity contribution in [1.29, 1.82) is 0 Å². The van der Waals surface area contributed by atoms with Crippen LogP contribution in [-0.4, -0.2) is 6.67 Å². The summed E-state index contributed by atoms with van der Waals surface area (Å²) in [5.41, 5.74) is 3.11. The molecule has 0 bridgehead atoms. The predicted octanol–water partition coefficient (Wildman–Crippen LogP) is 7.15. The van der Waals surface area contributed by atoms with Crippen LogP contribution < -0.4 is 0 Å². The second-order valence-corrected chi connectivity index (χ2v) is 6.83. The second-order valence-electron chi connectivity index (χ2n) is 6.83. The summed E-state index contributed by atoms with van der Waals surface area (Å²) in [5, 5.41) is 0. The van der Waals surface area contributed by atoms with E-state index >= 15 is 0 Å². The van der Waals surface area contributed by atoms with E-state index in [2.05, 4.69) is 25.6 Å². The van der Waals surface area contributed by atoms with Crippen molar-refractivity contribution in [3.8, 4) is 0 Å². The molecule has 0 N–H and O–H groups in total. The maximum absolute atomic E-state index is 13.8. The first kappa shape index (κ1) is 18.6. The van der Waals surface area contributed by atoms with Gasteiger partial charge in [-0.1, -0.05) is 44.2 Å². The molecule has 0 aliphatic heterocycles. The minimum absolute atomic E-state index is 0.351. The first-order chi connectivity index (χ1) is 11.5. The third kappa shape index (κ3) is 4.90. The van der Waals surface area contributed by atoms with Crippen molar-refractivity contribution in [2.75, 3.05) is 6.67 Å². The number of rotatable bonds is 6. The molecule has 0 heterocycles. The van der Waals surface area contributed by atoms with Crippen molar-refractivity contribution in [1.82, 2.24) is 0 Å². The van der Waals surface area contributed by atoms with E-state index in [1.807, 2.05) is 12.1 Å². The Morgan fingerprint density at radius 1 is 1.17 bits per heavy atom. The van der Waals surface area contributed by atoms with Gasteiger partial charge in [0.2, 0.25) is 0 Å². The molecular formula is C22H28F2. The normalized spacial score (nSPS) is 22.5. The fourth-order valence-corrected chi connectivity index (χ4v) is 3.45. The molecule has 0 radical (unpaired) electrons. The molecule has 0 nitrogen and oxygen atoms in total. The van der Waals surface area contributed by atoms with Gasteiger partial charge in [0.1, 0.15) is 12.5 Å². The maximum atomic E-state index is 13.8. The van der Waals surface area contributed by atoms with Gasteiger partial charge in [0.15, 0.2) is 0 Å². The van der Waals surface area contributed by atoms with Crippen LogP contribution in [0.25, 0.3) is 5.57 Å². The van der Waals surface area contributed by atoms with Gasteiger partial charge in [-0.15, -0.1) is 0 Å². The quantitative estimate of drug-likeness (QED) is 0.486. The van der Waals surface area contributed by atoms with Crippen LogP contribution in [0.1, 0.15) is 63.0 Å². The molecule has 0 spiro atoms. The number of hydrogen-bond acceptors (Lipinski definition) is 0. The molecule has 1 aromatic carbocycles. The molecule has 2 heteroatoms. The molecular weight excluding hydrogens is 302 g/mol. The van der Waals surface area contributed by atoms with E-state index in [4.69, 9.17) is 0 Å². The van der Waals surface area contributed by atoms with Crippen LogP contribution in [0, 0.1) is 5.92 Å². The highest BCUT2D eigenvalue weighted by atomic mass is 19.1. The van der Waals surface area contributed by atoms with Crippen molar-refractivity contribution in [2.45, 2.75) is 51.9 Å². The lowest BCUT2D eigenvalue weighted by Gasteiger charge is -2.28. The van der Waals surface area contributed by atoms with E-state index < -0.39 is 12.5 Å². The number of benzene rings is 1. The topological polar surface area (TPSA) is 0 Å². The minimum Gasteiger partial charge on any atom is -0.247 e. The zero-order chi connectivity index (χ0) is 17.5. The van der Waals surface area contributed by atoms with Crippen molar-refractivity contribution >= 4 is 5.57 Å². The van der Waals surface area contributed by atoms with Gasteiger partial charge in [-0.05, 0) is 78.9 Å². The summed E-state index contributed by atoms with van der Waals surface area (Å²) in [6.45, 7) is 6.85. The molecule has 130 valence electrons. The van der Waals surface area contributed by atoms with E-state index in [-0.39, 0.29) is 0 Å². The zero-order valence-corrected chi connectivity index (χ0v) is 14.8. The van der Waals surface area contributed by atoms with Crippen molar-refractivity contribution in [3.63, 3.8) is 0 Å². The van der Waals surface area contributed by atoms with Gasteiger partial charge in [0.05, 0.1) is 0 Å². The molecule has 0 unspecified atom stereocenters. The van der Waals surface area contributed by atoms with Gasteiger partial charge < -0.3 is 0 Å². The largest absolute Gasteiger partial charge is 0.247 e. The van der Waals surface area contributed by atoms with Crippen LogP contribution in [-0.2, 0) is 0 Å². The van der Waals surface area contributed by atoms with Crippen LogP contribution in [0.4, 0.5) is 8.78 Å². The third-order valence-electron chi connectivity index (χ3n) is 5.13. The molecule has 0 saturated heterocycles. The van der Waals surface area contributed by atoms with Crippen molar-refractivity contribution in [2.24, 2.45) is 5.92 Å². The number of allylic oxidation sites excluding steroid dienone is 5. The number of halogens is 2. The van der Waals surface area contributed by atoms with Gasteiger partial charge in [0.25, 0.3) is 0 Å². The lowest BCUT2D eigenvalue weighted by molar-refractivity contribution is 0.319. The fourth-order valence-electron chi connectivity index (χ4n) is 3.45. The van der Waals surface area contributed by atoms with E-state index in [0.717, 1.165) is 11.5 Å². The molecule has 2 rings (SSSR count). The Balaban J connectivity index is 2.14. The predicted molar refractivity (Wildman–Crippen MR) is 99.4 cm³/mol. The van der Waals surface area contributed by atoms with Crippen LogP contribution in [0.5, 0.6) is 0 Å². The maximum Gasteiger partial charge on any atom is 0.126 e. The highest BCUT2D eigenvalue weighted by molar-refractivity contribution is 5.75. The zero-order valence-electron chi connectivity index (χ0n) is 14.8. The number of hydrogen-bond donors (Lipinski definition) is 0. The molecule has 1 aliphatic rings. The number of alkyl halides is 1. The summed E-state index contributed by atoms with van der Waals surface area (Å²) in [7, 11) is 0. The molecule has 1 saturated carbocycles. The molecule has 1 aromatic rings. The summed E-state index contributed by atoms with van der Waals surface area (Å²) >= 11 is 0. The molecule has 0 amide bonds. The monoisotopic (exact) mass is 330 g/mol. The molecule has 0 aromatic heterocycles. The van der Waals surface area contributed by atoms with Crippen molar-refractivity contribution < 1.29 is 8.78 Å². The van der Waals surface area contributed by atoms with Crippen LogP contribution in [0.3, 0.4) is 0 Å². The van der Waals surface area contributed by atoms with E-state index in [9.17, 15) is 8.78 Å². The first-order valence-corrected chi connectivity index (χ1v) is 8.94. The minimum atomic E-state index is -0.613. The molecule has 1 aliphatic carbocycles. The third-order valence-corrected chi connectivity index (χ3v) is 5.13. The van der Waals surface area contributed by atoms with Gasteiger partial charge in [-0.2, -0.15) is 0 Å². The molecule has 24 heavy (non-hydrogen) atoms. The van der Waals surface area contributed by atoms with Crippen molar-refractivity contribution in [3.05, 3.63) is 65.5 Å². The summed E-state index contributed by atoms with van der Waals surface area (Å²) in [5.74, 6) is 1.10. The summed E-state index contributed by atoms with van der Waals surface area (Å²) in [6, 6.07) is 8.19.